The van der Waals surface area contributed by atoms with Crippen LogP contribution in [0.2, 0.25) is 0 Å². The van der Waals surface area contributed by atoms with Crippen molar-refractivity contribution in [3.63, 3.8) is 0 Å². The van der Waals surface area contributed by atoms with Crippen molar-refractivity contribution in [1.82, 2.24) is 15.6 Å². The lowest BCUT2D eigenvalue weighted by Gasteiger charge is -2.36. The highest BCUT2D eigenvalue weighted by Crippen LogP contribution is 2.35. The fraction of sp³-hybridized carbons (Fsp3) is 0.679. The summed E-state index contributed by atoms with van der Waals surface area (Å²) < 4.78 is 0. The molecule has 3 atom stereocenters. The van der Waals surface area contributed by atoms with Crippen LogP contribution in [0.1, 0.15) is 70.6 Å². The van der Waals surface area contributed by atoms with Gasteiger partial charge in [-0.1, -0.05) is 32.1 Å². The summed E-state index contributed by atoms with van der Waals surface area (Å²) in [6.07, 6.45) is 17.0. The largest absolute Gasteiger partial charge is 0.383 e. The first-order valence-corrected chi connectivity index (χ1v) is 13.6. The Bertz CT molecular complexity index is 891. The van der Waals surface area contributed by atoms with Crippen LogP contribution in [0.5, 0.6) is 0 Å². The van der Waals surface area contributed by atoms with Crippen molar-refractivity contribution in [2.24, 2.45) is 17.8 Å². The molecule has 2 aromatic rings. The molecule has 2 unspecified atom stereocenters. The van der Waals surface area contributed by atoms with Crippen molar-refractivity contribution in [1.29, 1.82) is 0 Å². The van der Waals surface area contributed by atoms with Crippen LogP contribution in [-0.4, -0.2) is 36.7 Å². The molecule has 2 saturated heterocycles. The van der Waals surface area contributed by atoms with Gasteiger partial charge >= 0.3 is 0 Å². The van der Waals surface area contributed by atoms with Gasteiger partial charge in [0.25, 0.3) is 0 Å². The molecule has 5 heteroatoms. The molecule has 5 nitrogen and oxygen atoms in total. The van der Waals surface area contributed by atoms with Crippen LogP contribution < -0.4 is 21.7 Å². The number of hydrogen-bond acceptors (Lipinski definition) is 5. The number of pyridine rings is 1. The molecule has 6 rings (SSSR count). The van der Waals surface area contributed by atoms with Gasteiger partial charge in [-0.25, -0.2) is 4.98 Å². The van der Waals surface area contributed by atoms with E-state index in [1.807, 2.05) is 6.20 Å². The van der Waals surface area contributed by atoms with Crippen molar-refractivity contribution in [2.45, 2.75) is 82.7 Å². The minimum absolute atomic E-state index is 0.480. The Kier molecular flexibility index (Phi) is 7.67. The average molecular weight is 450 g/mol. The molecule has 2 aliphatic heterocycles. The lowest BCUT2D eigenvalue weighted by atomic mass is 9.76. The van der Waals surface area contributed by atoms with Crippen molar-refractivity contribution < 1.29 is 0 Å². The zero-order chi connectivity index (χ0) is 22.5. The molecule has 5 N–H and O–H groups in total. The molecule has 1 aromatic carbocycles. The topological polar surface area (TPSA) is 75.0 Å². The van der Waals surface area contributed by atoms with Crippen LogP contribution in [0, 0.1) is 17.8 Å². The first-order chi connectivity index (χ1) is 16.2. The van der Waals surface area contributed by atoms with Gasteiger partial charge in [0.15, 0.2) is 0 Å². The predicted octanol–water partition coefficient (Wildman–Crippen LogP) is 5.33. The Morgan fingerprint density at radius 1 is 0.879 bits per heavy atom. The number of anilines is 2. The van der Waals surface area contributed by atoms with Gasteiger partial charge in [-0.2, -0.15) is 0 Å². The van der Waals surface area contributed by atoms with E-state index in [0.717, 1.165) is 47.7 Å². The molecule has 4 fully saturated rings. The molecular formula is C28H43N5. The lowest BCUT2D eigenvalue weighted by molar-refractivity contribution is 0.225. The Morgan fingerprint density at radius 2 is 1.76 bits per heavy atom. The van der Waals surface area contributed by atoms with Crippen LogP contribution >= 0.6 is 0 Å². The van der Waals surface area contributed by atoms with E-state index in [1.54, 1.807) is 0 Å². The first-order valence-electron chi connectivity index (χ1n) is 13.6. The van der Waals surface area contributed by atoms with E-state index >= 15 is 0 Å². The molecule has 0 amide bonds. The fourth-order valence-electron chi connectivity index (χ4n) is 6.69. The molecule has 180 valence electrons. The summed E-state index contributed by atoms with van der Waals surface area (Å²) in [7, 11) is 0. The van der Waals surface area contributed by atoms with Crippen molar-refractivity contribution >= 4 is 22.3 Å². The smallest absolute Gasteiger partial charge is 0.131 e. The number of aromatic nitrogens is 1. The van der Waals surface area contributed by atoms with E-state index in [-0.39, 0.29) is 0 Å². The van der Waals surface area contributed by atoms with Gasteiger partial charge in [0, 0.05) is 35.9 Å². The van der Waals surface area contributed by atoms with Gasteiger partial charge in [0.1, 0.15) is 5.82 Å². The van der Waals surface area contributed by atoms with E-state index in [0.29, 0.717) is 11.9 Å². The molecule has 0 radical (unpaired) electrons. The SMILES string of the molecule is Nc1nccc2cc(N[C@H]3CNCC4CCCC(C4)NCCCCC4CCC3CC4)ccc12. The molecule has 2 aliphatic carbocycles. The molecule has 4 bridgehead atoms. The van der Waals surface area contributed by atoms with Crippen LogP contribution in [0.25, 0.3) is 10.8 Å². The average Bonchev–Trinajstić information content (AvgIpc) is 2.83. The highest BCUT2D eigenvalue weighted by Gasteiger charge is 2.28. The Labute approximate surface area is 199 Å². The maximum Gasteiger partial charge on any atom is 0.131 e. The maximum atomic E-state index is 6.08. The van der Waals surface area contributed by atoms with Gasteiger partial charge in [-0.3, -0.25) is 0 Å². The third kappa shape index (κ3) is 5.99. The van der Waals surface area contributed by atoms with Gasteiger partial charge in [-0.15, -0.1) is 0 Å². The minimum Gasteiger partial charge on any atom is -0.383 e. The molecule has 3 heterocycles. The van der Waals surface area contributed by atoms with E-state index in [2.05, 4.69) is 45.2 Å². The molecule has 2 saturated carbocycles. The Hall–Kier alpha value is -1.85. The van der Waals surface area contributed by atoms with Crippen LogP contribution in [0.3, 0.4) is 0 Å². The molecule has 4 aliphatic rings. The predicted molar refractivity (Wildman–Crippen MR) is 139 cm³/mol. The maximum absolute atomic E-state index is 6.08. The lowest BCUT2D eigenvalue weighted by Crippen LogP contribution is -2.43. The molecule has 33 heavy (non-hydrogen) atoms. The highest BCUT2D eigenvalue weighted by molar-refractivity contribution is 5.92. The summed E-state index contributed by atoms with van der Waals surface area (Å²) >= 11 is 0. The summed E-state index contributed by atoms with van der Waals surface area (Å²) in [4.78, 5) is 4.24. The monoisotopic (exact) mass is 449 g/mol. The second kappa shape index (κ2) is 11.1. The van der Waals surface area contributed by atoms with Crippen LogP contribution in [-0.2, 0) is 0 Å². The first kappa shape index (κ1) is 22.9. The number of nitrogens with zero attached hydrogens (tertiary/aromatic N) is 1. The molecule has 1 aromatic heterocycles. The third-order valence-electron chi connectivity index (χ3n) is 8.66. The molecular weight excluding hydrogens is 406 g/mol. The number of fused-ring (bicyclic) bond motifs is 10. The normalized spacial score (nSPS) is 31.9. The van der Waals surface area contributed by atoms with Crippen molar-refractivity contribution in [3.8, 4) is 0 Å². The zero-order valence-electron chi connectivity index (χ0n) is 20.2. The highest BCUT2D eigenvalue weighted by atomic mass is 15.0. The van der Waals surface area contributed by atoms with Crippen molar-refractivity contribution in [2.75, 3.05) is 30.7 Å². The van der Waals surface area contributed by atoms with Crippen molar-refractivity contribution in [3.05, 3.63) is 30.5 Å². The zero-order valence-corrected chi connectivity index (χ0v) is 20.2. The quantitative estimate of drug-likeness (QED) is 0.499. The number of benzene rings is 1. The standard InChI is InChI=1S/C28H43N5/c29-28-26-12-11-25(17-23(26)13-15-32-28)33-27-19-30-18-21-5-3-6-24(16-21)31-14-2-1-4-20-7-9-22(27)10-8-20/h11-13,15,17,20-22,24,27,30-31,33H,1-10,14,16,18-19H2,(H2,29,32)/t20?,21?,22?,24?,27-/m0/s1. The number of nitrogens with two attached hydrogens (primary N) is 1. The molecule has 0 spiro atoms. The Balaban J connectivity index is 1.29. The van der Waals surface area contributed by atoms with E-state index < -0.39 is 0 Å². The van der Waals surface area contributed by atoms with E-state index in [4.69, 9.17) is 5.73 Å². The summed E-state index contributed by atoms with van der Waals surface area (Å²) in [6.45, 7) is 3.44. The van der Waals surface area contributed by atoms with Gasteiger partial charge in [-0.05, 0) is 99.0 Å². The fourth-order valence-corrected chi connectivity index (χ4v) is 6.69. The summed E-state index contributed by atoms with van der Waals surface area (Å²) in [5.41, 5.74) is 7.28. The number of hydrogen-bond donors (Lipinski definition) is 4. The van der Waals surface area contributed by atoms with E-state index in [9.17, 15) is 0 Å². The summed E-state index contributed by atoms with van der Waals surface area (Å²) in [5, 5.41) is 13.9. The number of nitrogen functional groups attached to an aromatic ring is 1. The Morgan fingerprint density at radius 3 is 2.67 bits per heavy atom. The van der Waals surface area contributed by atoms with E-state index in [1.165, 1.54) is 82.9 Å². The van der Waals surface area contributed by atoms with Gasteiger partial charge < -0.3 is 21.7 Å². The second-order valence-electron chi connectivity index (χ2n) is 11.0. The van der Waals surface area contributed by atoms with Crippen LogP contribution in [0.4, 0.5) is 11.5 Å². The second-order valence-corrected chi connectivity index (χ2v) is 11.0. The van der Waals surface area contributed by atoms with Crippen LogP contribution in [0.15, 0.2) is 30.5 Å². The third-order valence-corrected chi connectivity index (χ3v) is 8.66. The number of nitrogens with one attached hydrogen (secondary N) is 3. The summed E-state index contributed by atoms with van der Waals surface area (Å²) in [6, 6.07) is 9.83. The minimum atomic E-state index is 0.480. The van der Waals surface area contributed by atoms with Gasteiger partial charge in [0.2, 0.25) is 0 Å². The summed E-state index contributed by atoms with van der Waals surface area (Å²) in [5.74, 6) is 3.12. The number of rotatable bonds is 2. The van der Waals surface area contributed by atoms with Gasteiger partial charge in [0.05, 0.1) is 0 Å².